The van der Waals surface area contributed by atoms with Gasteiger partial charge in [-0.25, -0.2) is 0 Å². The monoisotopic (exact) mass is 358 g/mol. The van der Waals surface area contributed by atoms with E-state index in [1.54, 1.807) is 4.80 Å². The second-order valence-corrected chi connectivity index (χ2v) is 5.31. The molecule has 1 amide bonds. The molecule has 3 N–H and O–H groups in total. The van der Waals surface area contributed by atoms with E-state index in [1.807, 2.05) is 54.6 Å². The van der Waals surface area contributed by atoms with Crippen molar-refractivity contribution >= 4 is 18.3 Å². The van der Waals surface area contributed by atoms with Gasteiger partial charge in [-0.15, -0.1) is 22.6 Å². The fourth-order valence-corrected chi connectivity index (χ4v) is 2.21. The van der Waals surface area contributed by atoms with Gasteiger partial charge in [-0.1, -0.05) is 54.6 Å². The van der Waals surface area contributed by atoms with Crippen LogP contribution >= 0.6 is 12.4 Å². The molecular weight excluding hydrogens is 340 g/mol. The predicted molar refractivity (Wildman–Crippen MR) is 96.9 cm³/mol. The number of carbonyl (C=O) groups is 1. The summed E-state index contributed by atoms with van der Waals surface area (Å²) >= 11 is 0. The zero-order valence-corrected chi connectivity index (χ0v) is 14.3. The van der Waals surface area contributed by atoms with E-state index in [9.17, 15) is 4.79 Å². The molecule has 0 bridgehead atoms. The van der Waals surface area contributed by atoms with Crippen LogP contribution in [0, 0.1) is 0 Å². The highest BCUT2D eigenvalue weighted by Crippen LogP contribution is 2.12. The Hall–Kier alpha value is -2.77. The fourth-order valence-electron chi connectivity index (χ4n) is 2.21. The molecule has 1 aromatic heterocycles. The topological polar surface area (TPSA) is 98.7 Å². The fraction of sp³-hybridized carbons (Fsp3) is 0.176. The largest absolute Gasteiger partial charge is 0.351 e. The number of nitrogens with one attached hydrogen (secondary N) is 1. The average molecular weight is 359 g/mol. The minimum atomic E-state index is -0.167. The molecule has 0 aliphatic rings. The van der Waals surface area contributed by atoms with E-state index in [0.717, 1.165) is 16.7 Å². The first kappa shape index (κ1) is 18.6. The van der Waals surface area contributed by atoms with Crippen molar-refractivity contribution in [2.75, 3.05) is 6.54 Å². The Bertz CT molecular complexity index is 804. The summed E-state index contributed by atoms with van der Waals surface area (Å²) in [6.07, 6.45) is 0. The first-order valence-corrected chi connectivity index (χ1v) is 7.62. The number of amides is 1. The number of rotatable bonds is 6. The van der Waals surface area contributed by atoms with Gasteiger partial charge in [-0.3, -0.25) is 4.79 Å². The SMILES string of the molecule is Cl.NCC(=O)NCc1ccc(Cn2nnc(-c3ccccc3)n2)cc1. The van der Waals surface area contributed by atoms with Gasteiger partial charge in [0.2, 0.25) is 11.7 Å². The molecule has 7 nitrogen and oxygen atoms in total. The molecule has 1 heterocycles. The molecule has 0 saturated carbocycles. The molecule has 3 rings (SSSR count). The molecule has 0 spiro atoms. The van der Waals surface area contributed by atoms with E-state index in [-0.39, 0.29) is 24.9 Å². The van der Waals surface area contributed by atoms with E-state index in [2.05, 4.69) is 20.7 Å². The first-order chi connectivity index (χ1) is 11.7. The highest BCUT2D eigenvalue weighted by atomic mass is 35.5. The van der Waals surface area contributed by atoms with Crippen LogP contribution in [-0.2, 0) is 17.9 Å². The molecule has 2 aromatic carbocycles. The molecular formula is C17H19ClN6O. The smallest absolute Gasteiger partial charge is 0.234 e. The van der Waals surface area contributed by atoms with Gasteiger partial charge in [0.1, 0.15) is 0 Å². The summed E-state index contributed by atoms with van der Waals surface area (Å²) in [5.41, 5.74) is 8.26. The Morgan fingerprint density at radius 3 is 2.40 bits per heavy atom. The van der Waals surface area contributed by atoms with Crippen molar-refractivity contribution < 1.29 is 4.79 Å². The van der Waals surface area contributed by atoms with Crippen molar-refractivity contribution in [3.8, 4) is 11.4 Å². The zero-order valence-electron chi connectivity index (χ0n) is 13.5. The summed E-state index contributed by atoms with van der Waals surface area (Å²) in [5, 5.41) is 15.3. The van der Waals surface area contributed by atoms with E-state index in [1.165, 1.54) is 0 Å². The molecule has 0 unspecified atom stereocenters. The maximum Gasteiger partial charge on any atom is 0.234 e. The maximum atomic E-state index is 11.1. The first-order valence-electron chi connectivity index (χ1n) is 7.62. The number of hydrogen-bond donors (Lipinski definition) is 2. The molecule has 25 heavy (non-hydrogen) atoms. The maximum absolute atomic E-state index is 11.1. The van der Waals surface area contributed by atoms with Gasteiger partial charge in [0.05, 0.1) is 13.1 Å². The van der Waals surface area contributed by atoms with Crippen molar-refractivity contribution in [1.82, 2.24) is 25.5 Å². The number of hydrogen-bond acceptors (Lipinski definition) is 5. The van der Waals surface area contributed by atoms with Crippen molar-refractivity contribution in [3.05, 3.63) is 65.7 Å². The minimum Gasteiger partial charge on any atom is -0.351 e. The van der Waals surface area contributed by atoms with Crippen molar-refractivity contribution in [3.63, 3.8) is 0 Å². The predicted octanol–water partition coefficient (Wildman–Crippen LogP) is 1.39. The minimum absolute atomic E-state index is 0. The quantitative estimate of drug-likeness (QED) is 0.693. The molecule has 0 atom stereocenters. The van der Waals surface area contributed by atoms with Crippen LogP contribution in [0.3, 0.4) is 0 Å². The lowest BCUT2D eigenvalue weighted by Gasteiger charge is -2.05. The third kappa shape index (κ3) is 5.10. The van der Waals surface area contributed by atoms with Crippen molar-refractivity contribution in [2.24, 2.45) is 5.73 Å². The van der Waals surface area contributed by atoms with Crippen molar-refractivity contribution in [1.29, 1.82) is 0 Å². The lowest BCUT2D eigenvalue weighted by Crippen LogP contribution is -2.29. The Kier molecular flexibility index (Phi) is 6.62. The van der Waals surface area contributed by atoms with Gasteiger partial charge in [0.15, 0.2) is 0 Å². The summed E-state index contributed by atoms with van der Waals surface area (Å²) in [6.45, 7) is 1.01. The van der Waals surface area contributed by atoms with Crippen LogP contribution in [0.4, 0.5) is 0 Å². The third-order valence-corrected chi connectivity index (χ3v) is 3.51. The Labute approximate surface area is 151 Å². The highest BCUT2D eigenvalue weighted by Gasteiger charge is 2.06. The Morgan fingerprint density at radius 1 is 1.04 bits per heavy atom. The van der Waals surface area contributed by atoms with Crippen LogP contribution in [0.2, 0.25) is 0 Å². The van der Waals surface area contributed by atoms with Gasteiger partial charge in [-0.2, -0.15) is 4.80 Å². The number of nitrogens with two attached hydrogens (primary N) is 1. The summed E-state index contributed by atoms with van der Waals surface area (Å²) < 4.78 is 0. The number of tetrazole rings is 1. The second kappa shape index (κ2) is 8.91. The zero-order chi connectivity index (χ0) is 16.8. The summed E-state index contributed by atoms with van der Waals surface area (Å²) in [7, 11) is 0. The van der Waals surface area contributed by atoms with Crippen LogP contribution in [0.5, 0.6) is 0 Å². The number of halogens is 1. The number of nitrogens with zero attached hydrogens (tertiary/aromatic N) is 4. The van der Waals surface area contributed by atoms with Gasteiger partial charge in [-0.05, 0) is 16.3 Å². The summed E-state index contributed by atoms with van der Waals surface area (Å²) in [4.78, 5) is 12.7. The second-order valence-electron chi connectivity index (χ2n) is 5.31. The van der Waals surface area contributed by atoms with E-state index in [0.29, 0.717) is 18.9 Å². The number of carbonyl (C=O) groups excluding carboxylic acids is 1. The van der Waals surface area contributed by atoms with E-state index < -0.39 is 0 Å². The standard InChI is InChI=1S/C17H18N6O.ClH/c18-10-16(24)19-11-13-6-8-14(9-7-13)12-23-21-17(20-22-23)15-4-2-1-3-5-15;/h1-9H,10-12,18H2,(H,19,24);1H. The average Bonchev–Trinajstić information content (AvgIpc) is 3.10. The Morgan fingerprint density at radius 2 is 1.72 bits per heavy atom. The van der Waals surface area contributed by atoms with Crippen LogP contribution < -0.4 is 11.1 Å². The number of aromatic nitrogens is 4. The number of benzene rings is 2. The van der Waals surface area contributed by atoms with Gasteiger partial charge >= 0.3 is 0 Å². The normalized spacial score (nSPS) is 10.1. The summed E-state index contributed by atoms with van der Waals surface area (Å²) in [5.74, 6) is 0.441. The molecule has 0 aliphatic heterocycles. The summed E-state index contributed by atoms with van der Waals surface area (Å²) in [6, 6.07) is 17.6. The molecule has 0 radical (unpaired) electrons. The van der Waals surface area contributed by atoms with Crippen LogP contribution in [0.1, 0.15) is 11.1 Å². The molecule has 0 saturated heterocycles. The van der Waals surface area contributed by atoms with E-state index in [4.69, 9.17) is 5.73 Å². The lowest BCUT2D eigenvalue weighted by atomic mass is 10.1. The third-order valence-electron chi connectivity index (χ3n) is 3.51. The van der Waals surface area contributed by atoms with Crippen LogP contribution in [-0.4, -0.2) is 32.7 Å². The molecule has 0 fully saturated rings. The Balaban J connectivity index is 0.00000225. The van der Waals surface area contributed by atoms with Crippen LogP contribution in [0.25, 0.3) is 11.4 Å². The van der Waals surface area contributed by atoms with Crippen LogP contribution in [0.15, 0.2) is 54.6 Å². The van der Waals surface area contributed by atoms with Crippen molar-refractivity contribution in [2.45, 2.75) is 13.1 Å². The van der Waals surface area contributed by atoms with Gasteiger partial charge in [0, 0.05) is 12.1 Å². The molecule has 0 aliphatic carbocycles. The van der Waals surface area contributed by atoms with Gasteiger partial charge < -0.3 is 11.1 Å². The van der Waals surface area contributed by atoms with E-state index >= 15 is 0 Å². The molecule has 8 heteroatoms. The van der Waals surface area contributed by atoms with Gasteiger partial charge in [0.25, 0.3) is 0 Å². The molecule has 3 aromatic rings. The lowest BCUT2D eigenvalue weighted by molar-refractivity contribution is -0.119. The highest BCUT2D eigenvalue weighted by molar-refractivity contribution is 5.85. The molecule has 130 valence electrons.